The number of carbonyl (C=O) groups excluding carboxylic acids is 1. The molecule has 1 atom stereocenters. The molecule has 0 saturated carbocycles. The Bertz CT molecular complexity index is 3430. The van der Waals surface area contributed by atoms with Gasteiger partial charge in [-0.2, -0.15) is 8.42 Å². The van der Waals surface area contributed by atoms with Gasteiger partial charge in [0.05, 0.1) is 47.0 Å². The molecule has 386 valence electrons. The summed E-state index contributed by atoms with van der Waals surface area (Å²) in [5.74, 6) is -3.19. The van der Waals surface area contributed by atoms with Gasteiger partial charge in [-0.15, -0.1) is 4.33 Å². The summed E-state index contributed by atoms with van der Waals surface area (Å²) in [4.78, 5) is 55.9. The molecule has 0 aromatic heterocycles. The van der Waals surface area contributed by atoms with E-state index in [2.05, 4.69) is 46.4 Å². The van der Waals surface area contributed by atoms with Crippen molar-refractivity contribution in [1.82, 2.24) is 5.32 Å². The summed E-state index contributed by atoms with van der Waals surface area (Å²) < 4.78 is 46.9. The van der Waals surface area contributed by atoms with Gasteiger partial charge in [-0.3, -0.25) is 14.1 Å². The molecule has 4 aromatic rings. The molecule has 19 heteroatoms. The van der Waals surface area contributed by atoms with E-state index in [-0.39, 0.29) is 74.6 Å². The van der Waals surface area contributed by atoms with Crippen LogP contribution >= 0.6 is 12.0 Å². The molecule has 8 rings (SSSR count). The van der Waals surface area contributed by atoms with E-state index in [9.17, 15) is 47.5 Å². The molecule has 17 nitrogen and oxygen atoms in total. The number of aromatic hydroxyl groups is 1. The lowest BCUT2D eigenvalue weighted by molar-refractivity contribution is -0.432. The Labute approximate surface area is 431 Å². The second-order valence-corrected chi connectivity index (χ2v) is 21.3. The number of aromatic carboxylic acids is 2. The Hall–Kier alpha value is -7.26. The van der Waals surface area contributed by atoms with Crippen molar-refractivity contribution < 1.29 is 61.7 Å². The van der Waals surface area contributed by atoms with Gasteiger partial charge >= 0.3 is 11.9 Å². The third-order valence-electron chi connectivity index (χ3n) is 13.9. The second-order valence-electron chi connectivity index (χ2n) is 19.1. The highest BCUT2D eigenvalue weighted by atomic mass is 32.2. The van der Waals surface area contributed by atoms with Crippen LogP contribution < -0.4 is 20.5 Å². The monoisotopic (exact) mass is 1050 g/mol. The summed E-state index contributed by atoms with van der Waals surface area (Å²) in [6.45, 7) is 11.3. The minimum absolute atomic E-state index is 0.00959. The van der Waals surface area contributed by atoms with E-state index in [0.717, 1.165) is 52.1 Å². The minimum Gasteiger partial charge on any atom is -0.508 e. The molecule has 0 saturated heterocycles. The van der Waals surface area contributed by atoms with E-state index in [4.69, 9.17) is 9.67 Å². The number of fused-ring (bicyclic) bond motifs is 4. The highest BCUT2D eigenvalue weighted by Crippen LogP contribution is 2.51. The largest absolute Gasteiger partial charge is 0.508 e. The van der Waals surface area contributed by atoms with Crippen molar-refractivity contribution in [2.45, 2.75) is 93.5 Å². The molecule has 1 amide bonds. The quantitative estimate of drug-likeness (QED) is 0.00839. The number of para-hydroxylation sites is 1. The third-order valence-corrected chi connectivity index (χ3v) is 15.4. The number of nitrogens with one attached hydrogen (secondary N) is 1. The molecular weight excluding hydrogens is 991 g/mol. The molecule has 6 N–H and O–H groups in total. The number of carboxylic acid groups (broad SMARTS) is 2. The average Bonchev–Trinajstić information content (AvgIpc) is 3.71. The first-order chi connectivity index (χ1) is 35.2. The number of nitrogens with zero attached hydrogens (tertiary/aromatic N) is 2. The highest BCUT2D eigenvalue weighted by molar-refractivity contribution is 7.94. The number of unbranched alkanes of at least 4 members (excludes halogenated alkanes) is 2. The van der Waals surface area contributed by atoms with E-state index in [1.165, 1.54) is 48.5 Å². The summed E-state index contributed by atoms with van der Waals surface area (Å²) in [7, 11) is -4.62. The number of likely N-dealkylation sites (N-methyl/N-ethyl adjacent to an activating group) is 1. The average molecular weight is 1050 g/mol. The number of anilines is 2. The summed E-state index contributed by atoms with van der Waals surface area (Å²) >= 11 is 0.911. The molecule has 1 unspecified atom stereocenters. The van der Waals surface area contributed by atoms with Crippen LogP contribution in [0.4, 0.5) is 11.4 Å². The van der Waals surface area contributed by atoms with Gasteiger partial charge in [0.1, 0.15) is 22.0 Å². The van der Waals surface area contributed by atoms with Crippen LogP contribution in [0.5, 0.6) is 5.75 Å². The van der Waals surface area contributed by atoms with Gasteiger partial charge < -0.3 is 34.9 Å². The van der Waals surface area contributed by atoms with Crippen LogP contribution in [0.15, 0.2) is 140 Å². The van der Waals surface area contributed by atoms with E-state index in [1.54, 1.807) is 6.07 Å². The fraction of sp³-hybridized carbons (Fsp3) is 0.273. The zero-order valence-corrected chi connectivity index (χ0v) is 42.8. The third kappa shape index (κ3) is 10.3. The number of carboxylic acids is 2. The zero-order valence-electron chi connectivity index (χ0n) is 41.1. The lowest BCUT2D eigenvalue weighted by atomic mass is 9.80. The van der Waals surface area contributed by atoms with Crippen LogP contribution in [0.3, 0.4) is 0 Å². The van der Waals surface area contributed by atoms with Crippen LogP contribution in [0.25, 0.3) is 33.4 Å². The first-order valence-corrected chi connectivity index (χ1v) is 26.0. The van der Waals surface area contributed by atoms with Gasteiger partial charge in [0, 0.05) is 69.2 Å². The fourth-order valence-corrected chi connectivity index (χ4v) is 11.4. The number of phenols is 1. The summed E-state index contributed by atoms with van der Waals surface area (Å²) in [5.41, 5.74) is 3.14. The molecule has 0 spiro atoms. The Balaban J connectivity index is 0.969. The number of rotatable bonds is 19. The predicted molar refractivity (Wildman–Crippen MR) is 280 cm³/mol. The summed E-state index contributed by atoms with van der Waals surface area (Å²) in [6.07, 6.45) is 11.5. The van der Waals surface area contributed by atoms with E-state index < -0.39 is 32.9 Å². The lowest BCUT2D eigenvalue weighted by Gasteiger charge is -2.31. The van der Waals surface area contributed by atoms with Crippen LogP contribution in [-0.4, -0.2) is 70.5 Å². The van der Waals surface area contributed by atoms with Crippen LogP contribution in [0.1, 0.15) is 97.7 Å². The van der Waals surface area contributed by atoms with Crippen LogP contribution in [-0.2, 0) is 41.7 Å². The van der Waals surface area contributed by atoms with Crippen molar-refractivity contribution >= 4 is 62.4 Å². The first kappa shape index (κ1) is 53.0. The van der Waals surface area contributed by atoms with Gasteiger partial charge in [0.25, 0.3) is 10.1 Å². The van der Waals surface area contributed by atoms with E-state index >= 15 is 0 Å². The van der Waals surface area contributed by atoms with Crippen molar-refractivity contribution in [2.24, 2.45) is 0 Å². The maximum atomic E-state index is 13.4. The number of allylic oxidation sites excluding steroid dienone is 5. The maximum Gasteiger partial charge on any atom is 0.336 e. The SMILES string of the molecule is CCN1c2ccc(SOOO)cc2C(C)(C)C1/C=C/C=C/C=C1/N(CCCCCC(=O)NCc2c3oc4cc(O)ccc4c(-c4ccc(C(=O)O)cc4C(=O)O)c-3ccc2=O)c2c(cccc2S(=O)(=O)O)C1(C)C. The molecule has 4 aliphatic rings. The standard InChI is InChI=1S/C55H55N3O14S2/c1-6-57-42-25-21-34(73-72-71-66)30-41(42)55(4,5)46(57)16-9-7-10-17-47-54(2,3)40-14-13-15-45(74(67,68)69)50(40)58(47)27-12-8-11-18-48(61)56-31-39-43(60)26-24-37-49(36-23-20-33(59)29-44(36)70-51(37)39)35-22-19-32(52(62)63)28-38(35)53(64)65/h7,9-10,13-17,19-26,28-30,46,59,66H,6,8,11-12,18,27,31H2,1-5H3,(H,56,61)(H,62,63)(H,64,65)(H,67,68,69)/b10-7+,16-9+,47-17+. The molecule has 0 radical (unpaired) electrons. The van der Waals surface area contributed by atoms with E-state index in [1.807, 2.05) is 67.3 Å². The number of phenolic OH excluding ortho intramolecular Hbond substituents is 1. The first-order valence-electron chi connectivity index (χ1n) is 23.8. The Morgan fingerprint density at radius 3 is 2.36 bits per heavy atom. The van der Waals surface area contributed by atoms with Gasteiger partial charge in [-0.25, -0.2) is 14.8 Å². The van der Waals surface area contributed by atoms with Gasteiger partial charge in [-0.05, 0) is 103 Å². The Morgan fingerprint density at radius 2 is 1.65 bits per heavy atom. The van der Waals surface area contributed by atoms with E-state index in [0.29, 0.717) is 48.0 Å². The van der Waals surface area contributed by atoms with Crippen molar-refractivity contribution in [1.29, 1.82) is 0 Å². The molecule has 3 aliphatic heterocycles. The van der Waals surface area contributed by atoms with Crippen LogP contribution in [0, 0.1) is 0 Å². The minimum atomic E-state index is -4.62. The van der Waals surface area contributed by atoms with Crippen molar-refractivity contribution in [3.05, 3.63) is 159 Å². The number of amides is 1. The van der Waals surface area contributed by atoms with Crippen molar-refractivity contribution in [3.8, 4) is 28.2 Å². The molecule has 0 bridgehead atoms. The van der Waals surface area contributed by atoms with Gasteiger partial charge in [0.15, 0.2) is 5.43 Å². The molecule has 74 heavy (non-hydrogen) atoms. The Kier molecular flexibility index (Phi) is 15.3. The van der Waals surface area contributed by atoms with Crippen molar-refractivity contribution in [3.63, 3.8) is 0 Å². The smallest absolute Gasteiger partial charge is 0.336 e. The second kappa shape index (κ2) is 21.3. The normalized spacial score (nSPS) is 16.5. The predicted octanol–water partition coefficient (Wildman–Crippen LogP) is 10.5. The molecule has 1 aliphatic carbocycles. The van der Waals surface area contributed by atoms with Crippen molar-refractivity contribution in [2.75, 3.05) is 22.9 Å². The fourth-order valence-electron chi connectivity index (χ4n) is 10.3. The number of carbonyl (C=O) groups is 3. The van der Waals surface area contributed by atoms with Crippen LogP contribution in [0.2, 0.25) is 0 Å². The zero-order chi connectivity index (χ0) is 53.3. The topological polar surface area (TPSA) is 254 Å². The molecule has 4 aromatic carbocycles. The summed E-state index contributed by atoms with van der Waals surface area (Å²) in [6, 6.07) is 21.5. The van der Waals surface area contributed by atoms with Gasteiger partial charge in [-0.1, -0.05) is 81.7 Å². The maximum absolute atomic E-state index is 13.4. The lowest BCUT2D eigenvalue weighted by Crippen LogP contribution is -2.39. The molecular formula is C55H55N3O14S2. The molecule has 3 heterocycles. The summed E-state index contributed by atoms with van der Waals surface area (Å²) in [5, 5.41) is 45.8. The number of hydrogen-bond donors (Lipinski definition) is 6. The highest BCUT2D eigenvalue weighted by Gasteiger charge is 2.44. The van der Waals surface area contributed by atoms with Gasteiger partial charge in [0.2, 0.25) is 5.91 Å². The molecule has 0 fully saturated rings. The Morgan fingerprint density at radius 1 is 0.878 bits per heavy atom. The number of benzene rings is 5. The number of hydrogen-bond acceptors (Lipinski definition) is 14.